The van der Waals surface area contributed by atoms with Crippen LogP contribution in [0.1, 0.15) is 34.0 Å². The third kappa shape index (κ3) is 8.25. The van der Waals surface area contributed by atoms with Crippen molar-refractivity contribution in [2.45, 2.75) is 42.5 Å². The van der Waals surface area contributed by atoms with Crippen LogP contribution in [0.5, 0.6) is 5.75 Å². The predicted octanol–water partition coefficient (Wildman–Crippen LogP) is 6.41. The average Bonchev–Trinajstić information content (AvgIpc) is 3.02. The normalized spacial score (nSPS) is 11.5. The Morgan fingerprint density at radius 1 is 0.773 bits per heavy atom. The van der Waals surface area contributed by atoms with E-state index < -0.39 is 27.9 Å². The van der Waals surface area contributed by atoms with E-state index in [1.165, 1.54) is 42.5 Å². The highest BCUT2D eigenvalue weighted by molar-refractivity contribution is 7.91. The lowest BCUT2D eigenvalue weighted by molar-refractivity contribution is -0.186. The summed E-state index contributed by atoms with van der Waals surface area (Å²) in [4.78, 5) is 25.2. The minimum Gasteiger partial charge on any atom is -0.488 e. The van der Waals surface area contributed by atoms with Gasteiger partial charge < -0.3 is 14.4 Å². The number of hydrogen-bond donors (Lipinski definition) is 0. The Balaban J connectivity index is 1.52. The molecule has 230 valence electrons. The minimum atomic E-state index is -5.03. The number of carbonyl (C=O) groups is 2. The second-order valence-electron chi connectivity index (χ2n) is 9.76. The van der Waals surface area contributed by atoms with E-state index >= 15 is 0 Å². The van der Waals surface area contributed by atoms with Crippen LogP contribution in [0.15, 0.2) is 113 Å². The standard InChI is InChI=1S/C33H30F3NO6S/c1-2-42-31(38)29-21-28(17-18-30(29)43-23-26-11-7-4-8-12-26)44(40,41)27-15-13-24(14-16-27)19-20-37(32(39)33(34,35)36)22-25-9-5-3-6-10-25/h3-18,21H,2,19-20,22-23H2,1H3. The van der Waals surface area contributed by atoms with Crippen LogP contribution in [0, 0.1) is 0 Å². The second kappa shape index (κ2) is 14.2. The Kier molecular flexibility index (Phi) is 10.4. The number of benzene rings is 4. The topological polar surface area (TPSA) is 90.0 Å². The van der Waals surface area contributed by atoms with E-state index in [1.54, 1.807) is 37.3 Å². The molecule has 0 spiro atoms. The Hall–Kier alpha value is -4.64. The third-order valence-electron chi connectivity index (χ3n) is 6.64. The Labute approximate surface area is 253 Å². The molecule has 7 nitrogen and oxygen atoms in total. The fourth-order valence-electron chi connectivity index (χ4n) is 4.38. The van der Waals surface area contributed by atoms with E-state index in [0.29, 0.717) is 11.1 Å². The summed E-state index contributed by atoms with van der Waals surface area (Å²) in [5.74, 6) is -2.53. The van der Waals surface area contributed by atoms with Gasteiger partial charge >= 0.3 is 18.1 Å². The Morgan fingerprint density at radius 3 is 1.95 bits per heavy atom. The zero-order valence-corrected chi connectivity index (χ0v) is 24.6. The summed E-state index contributed by atoms with van der Waals surface area (Å²) in [7, 11) is -4.09. The smallest absolute Gasteiger partial charge is 0.471 e. The van der Waals surface area contributed by atoms with Crippen molar-refractivity contribution in [1.29, 1.82) is 0 Å². The van der Waals surface area contributed by atoms with Crippen LogP contribution in [0.3, 0.4) is 0 Å². The molecule has 0 aliphatic heterocycles. The Bertz CT molecular complexity index is 1680. The van der Waals surface area contributed by atoms with Gasteiger partial charge in [-0.2, -0.15) is 13.2 Å². The summed E-state index contributed by atoms with van der Waals surface area (Å²) in [6.45, 7) is 1.40. The first-order valence-electron chi connectivity index (χ1n) is 13.7. The van der Waals surface area contributed by atoms with E-state index in [1.807, 2.05) is 30.3 Å². The van der Waals surface area contributed by atoms with Gasteiger partial charge in [0.2, 0.25) is 9.84 Å². The lowest BCUT2D eigenvalue weighted by Crippen LogP contribution is -2.41. The molecule has 1 amide bonds. The first-order chi connectivity index (χ1) is 21.0. The quantitative estimate of drug-likeness (QED) is 0.169. The lowest BCUT2D eigenvalue weighted by atomic mass is 10.1. The van der Waals surface area contributed by atoms with Gasteiger partial charge in [-0.05, 0) is 60.4 Å². The van der Waals surface area contributed by atoms with Gasteiger partial charge in [0, 0.05) is 13.1 Å². The molecule has 0 saturated heterocycles. The molecule has 0 N–H and O–H groups in total. The number of nitrogens with zero attached hydrogens (tertiary/aromatic N) is 1. The molecular weight excluding hydrogens is 595 g/mol. The molecule has 11 heteroatoms. The van der Waals surface area contributed by atoms with Crippen LogP contribution >= 0.6 is 0 Å². The SMILES string of the molecule is CCOC(=O)c1cc(S(=O)(=O)c2ccc(CCN(Cc3ccccc3)C(=O)C(F)(F)F)cc2)ccc1OCc1ccccc1. The molecule has 0 aliphatic carbocycles. The zero-order valence-electron chi connectivity index (χ0n) is 23.8. The maximum absolute atomic E-state index is 13.5. The molecular formula is C33H30F3NO6S. The van der Waals surface area contributed by atoms with E-state index in [9.17, 15) is 31.2 Å². The molecule has 44 heavy (non-hydrogen) atoms. The van der Waals surface area contributed by atoms with Crippen molar-refractivity contribution in [3.05, 3.63) is 125 Å². The Morgan fingerprint density at radius 2 is 1.36 bits per heavy atom. The van der Waals surface area contributed by atoms with Crippen LogP contribution in [0.2, 0.25) is 0 Å². The van der Waals surface area contributed by atoms with Gasteiger partial charge in [0.1, 0.15) is 17.9 Å². The number of carbonyl (C=O) groups excluding carboxylic acids is 2. The van der Waals surface area contributed by atoms with Crippen molar-refractivity contribution in [2.24, 2.45) is 0 Å². The lowest BCUT2D eigenvalue weighted by Gasteiger charge is -2.24. The van der Waals surface area contributed by atoms with Crippen LogP contribution in [-0.4, -0.2) is 44.5 Å². The summed E-state index contributed by atoms with van der Waals surface area (Å²) >= 11 is 0. The highest BCUT2D eigenvalue weighted by Gasteiger charge is 2.42. The van der Waals surface area contributed by atoms with Gasteiger partial charge in [0.15, 0.2) is 0 Å². The van der Waals surface area contributed by atoms with Crippen LogP contribution < -0.4 is 4.74 Å². The molecule has 4 rings (SSSR count). The summed E-state index contributed by atoms with van der Waals surface area (Å²) in [5.41, 5.74) is 1.89. The summed E-state index contributed by atoms with van der Waals surface area (Å²) in [6.07, 6.45) is -4.97. The maximum atomic E-state index is 13.5. The highest BCUT2D eigenvalue weighted by Crippen LogP contribution is 2.29. The van der Waals surface area contributed by atoms with Gasteiger partial charge in [-0.15, -0.1) is 0 Å². The van der Waals surface area contributed by atoms with Crippen molar-refractivity contribution in [3.63, 3.8) is 0 Å². The molecule has 0 heterocycles. The molecule has 0 fully saturated rings. The van der Waals surface area contributed by atoms with E-state index in [-0.39, 0.29) is 53.8 Å². The van der Waals surface area contributed by atoms with Gasteiger partial charge in [0.25, 0.3) is 0 Å². The monoisotopic (exact) mass is 625 g/mol. The summed E-state index contributed by atoms with van der Waals surface area (Å²) < 4.78 is 77.6. The van der Waals surface area contributed by atoms with Crippen molar-refractivity contribution >= 4 is 21.7 Å². The van der Waals surface area contributed by atoms with E-state index in [2.05, 4.69) is 0 Å². The molecule has 0 unspecified atom stereocenters. The molecule has 0 atom stereocenters. The molecule has 4 aromatic rings. The van der Waals surface area contributed by atoms with Crippen LogP contribution in [0.4, 0.5) is 13.2 Å². The molecule has 0 aliphatic rings. The summed E-state index contributed by atoms with van der Waals surface area (Å²) in [5, 5.41) is 0. The number of halogens is 3. The molecule has 0 radical (unpaired) electrons. The van der Waals surface area contributed by atoms with Gasteiger partial charge in [-0.25, -0.2) is 13.2 Å². The van der Waals surface area contributed by atoms with Crippen LogP contribution in [0.25, 0.3) is 0 Å². The number of ether oxygens (including phenoxy) is 2. The fraction of sp³-hybridized carbons (Fsp3) is 0.212. The van der Waals surface area contributed by atoms with Gasteiger partial charge in [-0.1, -0.05) is 72.8 Å². The number of amides is 1. The molecule has 0 saturated carbocycles. The number of rotatable bonds is 12. The first kappa shape index (κ1) is 32.3. The largest absolute Gasteiger partial charge is 0.488 e. The molecule has 0 aromatic heterocycles. The zero-order chi connectivity index (χ0) is 31.7. The van der Waals surface area contributed by atoms with Gasteiger partial charge in [0.05, 0.1) is 16.4 Å². The maximum Gasteiger partial charge on any atom is 0.471 e. The molecule has 0 bridgehead atoms. The van der Waals surface area contributed by atoms with Crippen molar-refractivity contribution < 1.29 is 40.7 Å². The number of alkyl halides is 3. The van der Waals surface area contributed by atoms with Crippen molar-refractivity contribution in [3.8, 4) is 5.75 Å². The predicted molar refractivity (Wildman–Crippen MR) is 157 cm³/mol. The van der Waals surface area contributed by atoms with Gasteiger partial charge in [-0.3, -0.25) is 4.79 Å². The number of sulfone groups is 1. The first-order valence-corrected chi connectivity index (χ1v) is 15.2. The summed E-state index contributed by atoms with van der Waals surface area (Å²) in [6, 6.07) is 27.1. The van der Waals surface area contributed by atoms with Crippen LogP contribution in [-0.2, 0) is 38.9 Å². The van der Waals surface area contributed by atoms with E-state index in [0.717, 1.165) is 10.5 Å². The number of hydrogen-bond acceptors (Lipinski definition) is 6. The third-order valence-corrected chi connectivity index (χ3v) is 8.41. The van der Waals surface area contributed by atoms with Crippen molar-refractivity contribution in [2.75, 3.05) is 13.2 Å². The average molecular weight is 626 g/mol. The highest BCUT2D eigenvalue weighted by atomic mass is 32.2. The van der Waals surface area contributed by atoms with Crippen molar-refractivity contribution in [1.82, 2.24) is 4.90 Å². The fourth-order valence-corrected chi connectivity index (χ4v) is 5.66. The minimum absolute atomic E-state index is 0.0479. The van der Waals surface area contributed by atoms with E-state index in [4.69, 9.17) is 9.47 Å². The number of esters is 1. The molecule has 4 aromatic carbocycles. The second-order valence-corrected chi connectivity index (χ2v) is 11.7.